The highest BCUT2D eigenvalue weighted by Gasteiger charge is 2.28. The number of urea groups is 1. The molecule has 2 aliphatic rings. The molecule has 0 aromatic heterocycles. The maximum Gasteiger partial charge on any atom is 0.321 e. The maximum absolute atomic E-state index is 12.7. The number of nitrogens with one attached hydrogen (secondary N) is 3. The summed E-state index contributed by atoms with van der Waals surface area (Å²) in [5.74, 6) is -0.139. The number of hydrogen-bond donors (Lipinski definition) is 3. The molecule has 1 unspecified atom stereocenters. The molecule has 2 aliphatic heterocycles. The Morgan fingerprint density at radius 2 is 2.00 bits per heavy atom. The van der Waals surface area contributed by atoms with E-state index in [2.05, 4.69) is 34.1 Å². The van der Waals surface area contributed by atoms with Gasteiger partial charge in [-0.15, -0.1) is 0 Å². The van der Waals surface area contributed by atoms with Crippen molar-refractivity contribution in [2.45, 2.75) is 39.4 Å². The number of hydrogen-bond acceptors (Lipinski definition) is 3. The first-order valence-electron chi connectivity index (χ1n) is 10.3. The zero-order chi connectivity index (χ0) is 20.2. The summed E-state index contributed by atoms with van der Waals surface area (Å²) in [6, 6.07) is 14.0. The minimum Gasteiger partial charge on any atom is -0.352 e. The first-order valence-corrected chi connectivity index (χ1v) is 10.3. The van der Waals surface area contributed by atoms with Crippen molar-refractivity contribution in [3.05, 3.63) is 64.7 Å². The first kappa shape index (κ1) is 19.5. The van der Waals surface area contributed by atoms with E-state index in [4.69, 9.17) is 0 Å². The van der Waals surface area contributed by atoms with Gasteiger partial charge in [0.1, 0.15) is 0 Å². The van der Waals surface area contributed by atoms with Crippen molar-refractivity contribution < 1.29 is 9.59 Å². The molecule has 3 amide bonds. The lowest BCUT2D eigenvalue weighted by Crippen LogP contribution is -2.46. The predicted molar refractivity (Wildman–Crippen MR) is 113 cm³/mol. The number of likely N-dealkylation sites (tertiary alicyclic amines) is 1. The summed E-state index contributed by atoms with van der Waals surface area (Å²) in [6.07, 6.45) is 1.65. The summed E-state index contributed by atoms with van der Waals surface area (Å²) < 4.78 is 0. The molecule has 0 saturated carbocycles. The number of amides is 3. The Morgan fingerprint density at radius 1 is 1.14 bits per heavy atom. The number of carbonyl (C=O) groups is 2. The number of aryl methyl sites for hydroxylation is 1. The van der Waals surface area contributed by atoms with Gasteiger partial charge >= 0.3 is 6.03 Å². The van der Waals surface area contributed by atoms with Gasteiger partial charge in [0, 0.05) is 38.4 Å². The van der Waals surface area contributed by atoms with Gasteiger partial charge in [0.2, 0.25) is 5.91 Å². The van der Waals surface area contributed by atoms with E-state index in [9.17, 15) is 9.59 Å². The van der Waals surface area contributed by atoms with E-state index in [0.29, 0.717) is 19.6 Å². The zero-order valence-corrected chi connectivity index (χ0v) is 16.8. The van der Waals surface area contributed by atoms with E-state index in [1.807, 2.05) is 31.2 Å². The molecule has 1 atom stereocenters. The second-order valence-corrected chi connectivity index (χ2v) is 8.01. The average molecular weight is 393 g/mol. The molecule has 1 fully saturated rings. The van der Waals surface area contributed by atoms with Gasteiger partial charge in [0.15, 0.2) is 0 Å². The third kappa shape index (κ3) is 4.77. The van der Waals surface area contributed by atoms with Crippen LogP contribution in [0.3, 0.4) is 0 Å². The normalized spacial score (nSPS) is 18.2. The van der Waals surface area contributed by atoms with E-state index in [1.54, 1.807) is 4.90 Å². The standard InChI is InChI=1S/C23H28N4O2/c1-16-4-2-6-21(10-16)26-23(29)27-9-3-5-19(15-27)22(28)25-12-17-7-8-18-13-24-14-20(18)11-17/h2,4,6-8,10-11,19,24H,3,5,9,12-15H2,1H3,(H,25,28)(H,26,29). The van der Waals surface area contributed by atoms with Gasteiger partial charge in [-0.3, -0.25) is 4.79 Å². The fraction of sp³-hybridized carbons (Fsp3) is 0.391. The van der Waals surface area contributed by atoms with Crippen molar-refractivity contribution in [1.29, 1.82) is 0 Å². The fourth-order valence-electron chi connectivity index (χ4n) is 4.09. The van der Waals surface area contributed by atoms with Crippen molar-refractivity contribution in [2.24, 2.45) is 5.92 Å². The van der Waals surface area contributed by atoms with Crippen LogP contribution in [0.15, 0.2) is 42.5 Å². The Hall–Kier alpha value is -2.86. The Morgan fingerprint density at radius 3 is 2.86 bits per heavy atom. The number of piperidine rings is 1. The van der Waals surface area contributed by atoms with Crippen molar-refractivity contribution >= 4 is 17.6 Å². The molecule has 4 rings (SSSR count). The minimum atomic E-state index is -0.164. The molecule has 1 saturated heterocycles. The van der Waals surface area contributed by atoms with Crippen molar-refractivity contribution in [2.75, 3.05) is 18.4 Å². The van der Waals surface area contributed by atoms with E-state index < -0.39 is 0 Å². The molecule has 0 aliphatic carbocycles. The number of rotatable bonds is 4. The van der Waals surface area contributed by atoms with Crippen LogP contribution in [0.4, 0.5) is 10.5 Å². The van der Waals surface area contributed by atoms with E-state index in [-0.39, 0.29) is 17.9 Å². The van der Waals surface area contributed by atoms with Gasteiger partial charge in [-0.25, -0.2) is 4.79 Å². The Labute approximate surface area is 171 Å². The molecular formula is C23H28N4O2. The number of nitrogens with zero attached hydrogens (tertiary/aromatic N) is 1. The van der Waals surface area contributed by atoms with Gasteiger partial charge in [-0.05, 0) is 54.2 Å². The van der Waals surface area contributed by atoms with Crippen molar-refractivity contribution in [1.82, 2.24) is 15.5 Å². The second kappa shape index (κ2) is 8.66. The molecule has 152 valence electrons. The Bertz CT molecular complexity index is 912. The smallest absolute Gasteiger partial charge is 0.321 e. The molecule has 2 heterocycles. The second-order valence-electron chi connectivity index (χ2n) is 8.01. The third-order valence-electron chi connectivity index (χ3n) is 5.72. The van der Waals surface area contributed by atoms with Crippen LogP contribution in [0.25, 0.3) is 0 Å². The Kier molecular flexibility index (Phi) is 5.81. The summed E-state index contributed by atoms with van der Waals surface area (Å²) in [7, 11) is 0. The van der Waals surface area contributed by atoms with Crippen LogP contribution in [-0.4, -0.2) is 29.9 Å². The first-order chi connectivity index (χ1) is 14.1. The molecule has 6 nitrogen and oxygen atoms in total. The molecule has 0 bridgehead atoms. The minimum absolute atomic E-state index is 0.0247. The molecule has 0 radical (unpaired) electrons. The van der Waals surface area contributed by atoms with Crippen LogP contribution in [0.5, 0.6) is 0 Å². The average Bonchev–Trinajstić information content (AvgIpc) is 3.20. The van der Waals surface area contributed by atoms with Crippen LogP contribution in [0, 0.1) is 12.8 Å². The molecule has 2 aromatic rings. The highest BCUT2D eigenvalue weighted by molar-refractivity contribution is 5.90. The van der Waals surface area contributed by atoms with Crippen molar-refractivity contribution in [3.8, 4) is 0 Å². The van der Waals surface area contributed by atoms with E-state index >= 15 is 0 Å². The van der Waals surface area contributed by atoms with Gasteiger partial charge in [0.25, 0.3) is 0 Å². The fourth-order valence-corrected chi connectivity index (χ4v) is 4.09. The quantitative estimate of drug-likeness (QED) is 0.748. The van der Waals surface area contributed by atoms with Crippen LogP contribution in [0.2, 0.25) is 0 Å². The van der Waals surface area contributed by atoms with Gasteiger partial charge in [0.05, 0.1) is 5.92 Å². The summed E-state index contributed by atoms with van der Waals surface area (Å²) >= 11 is 0. The van der Waals surface area contributed by atoms with Crippen molar-refractivity contribution in [3.63, 3.8) is 0 Å². The Balaban J connectivity index is 1.30. The number of benzene rings is 2. The monoisotopic (exact) mass is 392 g/mol. The van der Waals surface area contributed by atoms with E-state index in [1.165, 1.54) is 11.1 Å². The van der Waals surface area contributed by atoms with Gasteiger partial charge in [-0.2, -0.15) is 0 Å². The number of anilines is 1. The highest BCUT2D eigenvalue weighted by atomic mass is 16.2. The SMILES string of the molecule is Cc1cccc(NC(=O)N2CCCC(C(=O)NCc3ccc4c(c3)CNC4)C2)c1. The maximum atomic E-state index is 12.7. The van der Waals surface area contributed by atoms with Gasteiger partial charge in [-0.1, -0.05) is 30.3 Å². The lowest BCUT2D eigenvalue weighted by molar-refractivity contribution is -0.126. The molecule has 3 N–H and O–H groups in total. The number of carbonyl (C=O) groups excluding carboxylic acids is 2. The van der Waals surface area contributed by atoms with E-state index in [0.717, 1.165) is 42.7 Å². The topological polar surface area (TPSA) is 73.5 Å². The molecule has 0 spiro atoms. The lowest BCUT2D eigenvalue weighted by atomic mass is 9.97. The van der Waals surface area contributed by atoms with Crippen LogP contribution in [0.1, 0.15) is 35.1 Å². The summed E-state index contributed by atoms with van der Waals surface area (Å²) in [4.78, 5) is 27.1. The highest BCUT2D eigenvalue weighted by Crippen LogP contribution is 2.20. The third-order valence-corrected chi connectivity index (χ3v) is 5.72. The van der Waals surface area contributed by atoms with Gasteiger partial charge < -0.3 is 20.9 Å². The molecule has 2 aromatic carbocycles. The summed E-state index contributed by atoms with van der Waals surface area (Å²) in [5.41, 5.74) is 5.65. The summed E-state index contributed by atoms with van der Waals surface area (Å²) in [5, 5.41) is 9.34. The lowest BCUT2D eigenvalue weighted by Gasteiger charge is -2.32. The zero-order valence-electron chi connectivity index (χ0n) is 16.8. The largest absolute Gasteiger partial charge is 0.352 e. The predicted octanol–water partition coefficient (Wildman–Crippen LogP) is 3.16. The molecule has 29 heavy (non-hydrogen) atoms. The molecular weight excluding hydrogens is 364 g/mol. The van der Waals surface area contributed by atoms with Crippen LogP contribution >= 0.6 is 0 Å². The van der Waals surface area contributed by atoms with Crippen LogP contribution < -0.4 is 16.0 Å². The summed E-state index contributed by atoms with van der Waals surface area (Å²) in [6.45, 7) is 5.47. The molecule has 6 heteroatoms. The van der Waals surface area contributed by atoms with Crippen LogP contribution in [-0.2, 0) is 24.4 Å². The number of fused-ring (bicyclic) bond motifs is 1.